The third-order valence-corrected chi connectivity index (χ3v) is 1.75. The summed E-state index contributed by atoms with van der Waals surface area (Å²) in [6.07, 6.45) is 0.158. The molecule has 74 valence electrons. The minimum atomic E-state index is -0.553. The third kappa shape index (κ3) is 2.75. The van der Waals surface area contributed by atoms with Crippen molar-refractivity contribution in [3.63, 3.8) is 0 Å². The lowest BCUT2D eigenvalue weighted by Gasteiger charge is -2.10. The Morgan fingerprint density at radius 2 is 1.86 bits per heavy atom. The second-order valence-electron chi connectivity index (χ2n) is 3.34. The molecule has 14 heavy (non-hydrogen) atoms. The molecule has 0 bridgehead atoms. The highest BCUT2D eigenvalue weighted by molar-refractivity contribution is 5.31. The van der Waals surface area contributed by atoms with Crippen molar-refractivity contribution in [1.82, 2.24) is 0 Å². The predicted molar refractivity (Wildman–Crippen MR) is 54.7 cm³/mol. The minimum Gasteiger partial charge on any atom is -0.491 e. The van der Waals surface area contributed by atoms with Crippen molar-refractivity contribution in [2.45, 2.75) is 26.0 Å². The summed E-state index contributed by atoms with van der Waals surface area (Å²) in [6.45, 7) is 3.93. The van der Waals surface area contributed by atoms with Crippen LogP contribution in [0.4, 0.5) is 0 Å². The number of hydrogen-bond donors (Lipinski definition) is 1. The molecule has 0 aromatic heterocycles. The summed E-state index contributed by atoms with van der Waals surface area (Å²) in [4.78, 5) is 0. The van der Waals surface area contributed by atoms with Crippen molar-refractivity contribution in [2.75, 3.05) is 0 Å². The fourth-order valence-corrected chi connectivity index (χ4v) is 1.10. The van der Waals surface area contributed by atoms with Gasteiger partial charge in [-0.3, -0.25) is 0 Å². The van der Waals surface area contributed by atoms with Crippen LogP contribution in [0.1, 0.15) is 25.5 Å². The molecule has 0 fully saturated rings. The maximum absolute atomic E-state index is 8.60. The average molecular weight is 190 g/mol. The van der Waals surface area contributed by atoms with Gasteiger partial charge in [0.2, 0.25) is 0 Å². The van der Waals surface area contributed by atoms with Gasteiger partial charge in [-0.1, -0.05) is 12.1 Å². The zero-order valence-electron chi connectivity index (χ0n) is 8.40. The average Bonchev–Trinajstić information content (AvgIpc) is 2.17. The second-order valence-corrected chi connectivity index (χ2v) is 3.34. The molecular weight excluding hydrogens is 176 g/mol. The molecule has 0 aliphatic carbocycles. The smallest absolute Gasteiger partial charge is 0.119 e. The molecular formula is C11H14N2O. The van der Waals surface area contributed by atoms with Crippen LogP contribution in [0.3, 0.4) is 0 Å². The quantitative estimate of drug-likeness (QED) is 0.793. The Labute approximate surface area is 84.1 Å². The summed E-state index contributed by atoms with van der Waals surface area (Å²) in [5.41, 5.74) is 6.35. The highest BCUT2D eigenvalue weighted by Gasteiger charge is 2.04. The van der Waals surface area contributed by atoms with E-state index in [-0.39, 0.29) is 6.10 Å². The SMILES string of the molecule is CC(C)Oc1ccc([C@@H](N)C#N)cc1. The van der Waals surface area contributed by atoms with Gasteiger partial charge in [-0.25, -0.2) is 0 Å². The monoisotopic (exact) mass is 190 g/mol. The molecule has 0 saturated carbocycles. The Kier molecular flexibility index (Phi) is 3.49. The molecule has 0 saturated heterocycles. The molecule has 0 spiro atoms. The van der Waals surface area contributed by atoms with Crippen LogP contribution >= 0.6 is 0 Å². The molecule has 3 nitrogen and oxygen atoms in total. The minimum absolute atomic E-state index is 0.158. The number of hydrogen-bond acceptors (Lipinski definition) is 3. The number of nitrogens with two attached hydrogens (primary N) is 1. The second kappa shape index (κ2) is 4.64. The highest BCUT2D eigenvalue weighted by Crippen LogP contribution is 2.16. The molecule has 0 unspecified atom stereocenters. The first kappa shape index (κ1) is 10.6. The molecule has 0 aliphatic rings. The van der Waals surface area contributed by atoms with E-state index < -0.39 is 6.04 Å². The first-order chi connectivity index (χ1) is 6.63. The Morgan fingerprint density at radius 3 is 2.29 bits per heavy atom. The molecule has 0 radical (unpaired) electrons. The summed E-state index contributed by atoms with van der Waals surface area (Å²) in [5, 5.41) is 8.60. The lowest BCUT2D eigenvalue weighted by Crippen LogP contribution is -2.08. The van der Waals surface area contributed by atoms with Gasteiger partial charge in [-0.2, -0.15) is 5.26 Å². The van der Waals surface area contributed by atoms with E-state index >= 15 is 0 Å². The van der Waals surface area contributed by atoms with E-state index in [2.05, 4.69) is 0 Å². The zero-order chi connectivity index (χ0) is 10.6. The van der Waals surface area contributed by atoms with Gasteiger partial charge in [0.15, 0.2) is 0 Å². The van der Waals surface area contributed by atoms with E-state index in [1.165, 1.54) is 0 Å². The maximum Gasteiger partial charge on any atom is 0.119 e. The summed E-state index contributed by atoms with van der Waals surface area (Å²) in [5.74, 6) is 0.800. The molecule has 1 atom stereocenters. The van der Waals surface area contributed by atoms with E-state index in [0.717, 1.165) is 11.3 Å². The zero-order valence-corrected chi connectivity index (χ0v) is 8.40. The van der Waals surface area contributed by atoms with Crippen molar-refractivity contribution in [3.05, 3.63) is 29.8 Å². The van der Waals surface area contributed by atoms with Gasteiger partial charge in [0.05, 0.1) is 12.2 Å². The standard InChI is InChI=1S/C11H14N2O/c1-8(2)14-10-5-3-9(4-6-10)11(13)7-12/h3-6,8,11H,13H2,1-2H3/t11-/m0/s1. The van der Waals surface area contributed by atoms with Crippen molar-refractivity contribution in [2.24, 2.45) is 5.73 Å². The molecule has 3 heteroatoms. The van der Waals surface area contributed by atoms with Gasteiger partial charge in [0, 0.05) is 0 Å². The van der Waals surface area contributed by atoms with E-state index in [0.29, 0.717) is 0 Å². The van der Waals surface area contributed by atoms with Gasteiger partial charge in [0.1, 0.15) is 11.8 Å². The molecule has 0 heterocycles. The van der Waals surface area contributed by atoms with Crippen molar-refractivity contribution >= 4 is 0 Å². The Morgan fingerprint density at radius 1 is 1.29 bits per heavy atom. The van der Waals surface area contributed by atoms with Crippen LogP contribution in [0.25, 0.3) is 0 Å². The van der Waals surface area contributed by atoms with Gasteiger partial charge in [0.25, 0.3) is 0 Å². The normalized spacial score (nSPS) is 12.2. The first-order valence-corrected chi connectivity index (χ1v) is 4.55. The summed E-state index contributed by atoms with van der Waals surface area (Å²) in [6, 6.07) is 8.70. The van der Waals surface area contributed by atoms with E-state index in [1.54, 1.807) is 0 Å². The number of benzene rings is 1. The van der Waals surface area contributed by atoms with Crippen LogP contribution in [0, 0.1) is 11.3 Å². The molecule has 1 rings (SSSR count). The molecule has 2 N–H and O–H groups in total. The van der Waals surface area contributed by atoms with Crippen LogP contribution in [0.15, 0.2) is 24.3 Å². The lowest BCUT2D eigenvalue weighted by molar-refractivity contribution is 0.242. The predicted octanol–water partition coefficient (Wildman–Crippen LogP) is 2.00. The van der Waals surface area contributed by atoms with Gasteiger partial charge < -0.3 is 10.5 Å². The van der Waals surface area contributed by atoms with E-state index in [1.807, 2.05) is 44.2 Å². The topological polar surface area (TPSA) is 59.0 Å². The fourth-order valence-electron chi connectivity index (χ4n) is 1.10. The lowest BCUT2D eigenvalue weighted by atomic mass is 10.1. The third-order valence-electron chi connectivity index (χ3n) is 1.75. The van der Waals surface area contributed by atoms with Crippen molar-refractivity contribution < 1.29 is 4.74 Å². The van der Waals surface area contributed by atoms with Gasteiger partial charge >= 0.3 is 0 Å². The molecule has 0 amide bonds. The van der Waals surface area contributed by atoms with Crippen molar-refractivity contribution in [1.29, 1.82) is 5.26 Å². The van der Waals surface area contributed by atoms with Gasteiger partial charge in [-0.15, -0.1) is 0 Å². The Hall–Kier alpha value is -1.53. The van der Waals surface area contributed by atoms with Crippen LogP contribution in [-0.4, -0.2) is 6.10 Å². The largest absolute Gasteiger partial charge is 0.491 e. The van der Waals surface area contributed by atoms with Crippen LogP contribution < -0.4 is 10.5 Å². The summed E-state index contributed by atoms with van der Waals surface area (Å²) < 4.78 is 5.46. The Bertz CT molecular complexity index is 324. The van der Waals surface area contributed by atoms with Gasteiger partial charge in [-0.05, 0) is 31.5 Å². The van der Waals surface area contributed by atoms with Crippen LogP contribution in [0.5, 0.6) is 5.75 Å². The van der Waals surface area contributed by atoms with Crippen molar-refractivity contribution in [3.8, 4) is 11.8 Å². The first-order valence-electron chi connectivity index (χ1n) is 4.55. The van der Waals surface area contributed by atoms with Crippen LogP contribution in [-0.2, 0) is 0 Å². The summed E-state index contributed by atoms with van der Waals surface area (Å²) >= 11 is 0. The number of ether oxygens (including phenoxy) is 1. The molecule has 0 aliphatic heterocycles. The highest BCUT2D eigenvalue weighted by atomic mass is 16.5. The number of rotatable bonds is 3. The number of nitriles is 1. The van der Waals surface area contributed by atoms with E-state index in [4.69, 9.17) is 15.7 Å². The maximum atomic E-state index is 8.60. The molecule has 1 aromatic carbocycles. The van der Waals surface area contributed by atoms with Crippen LogP contribution in [0.2, 0.25) is 0 Å². The Balaban J connectivity index is 2.74. The molecule has 1 aromatic rings. The van der Waals surface area contributed by atoms with E-state index in [9.17, 15) is 0 Å². The number of nitrogens with zero attached hydrogens (tertiary/aromatic N) is 1. The summed E-state index contributed by atoms with van der Waals surface area (Å²) in [7, 11) is 0. The fraction of sp³-hybridized carbons (Fsp3) is 0.364.